The van der Waals surface area contributed by atoms with Gasteiger partial charge in [0.05, 0.1) is 0 Å². The molecule has 0 saturated carbocycles. The van der Waals surface area contributed by atoms with Crippen molar-refractivity contribution < 1.29 is 0 Å². The van der Waals surface area contributed by atoms with Crippen molar-refractivity contribution in [2.75, 3.05) is 0 Å². The van der Waals surface area contributed by atoms with Crippen molar-refractivity contribution in [1.29, 1.82) is 0 Å². The molecule has 0 unspecified atom stereocenters. The van der Waals surface area contributed by atoms with Crippen molar-refractivity contribution in [3.05, 3.63) is 218 Å². The maximum absolute atomic E-state index is 2.48. The minimum absolute atomic E-state index is 1.21. The predicted molar refractivity (Wildman–Crippen MR) is 259 cm³/mol. The van der Waals surface area contributed by atoms with E-state index in [9.17, 15) is 0 Å². The van der Waals surface area contributed by atoms with E-state index >= 15 is 0 Å². The van der Waals surface area contributed by atoms with E-state index in [1.165, 1.54) is 131 Å². The molecule has 13 rings (SSSR count). The number of hydrogen-bond donors (Lipinski definition) is 0. The summed E-state index contributed by atoms with van der Waals surface area (Å²) >= 11 is 0. The summed E-state index contributed by atoms with van der Waals surface area (Å²) in [5, 5.41) is 20.4. The van der Waals surface area contributed by atoms with Gasteiger partial charge in [-0.25, -0.2) is 0 Å². The Morgan fingerprint density at radius 2 is 0.633 bits per heavy atom. The average molecular weight is 757 g/mol. The Morgan fingerprint density at radius 1 is 0.167 bits per heavy atom. The first-order valence-electron chi connectivity index (χ1n) is 20.9. The summed E-state index contributed by atoms with van der Waals surface area (Å²) in [6, 6.07) is 81.6. The van der Waals surface area contributed by atoms with Gasteiger partial charge in [-0.2, -0.15) is 0 Å². The first-order chi connectivity index (χ1) is 29.7. The molecule has 0 aromatic heterocycles. The Hall–Kier alpha value is -7.80. The van der Waals surface area contributed by atoms with Crippen molar-refractivity contribution in [1.82, 2.24) is 0 Å². The van der Waals surface area contributed by atoms with Gasteiger partial charge in [0, 0.05) is 0 Å². The van der Waals surface area contributed by atoms with Gasteiger partial charge in [0.15, 0.2) is 0 Å². The third-order valence-electron chi connectivity index (χ3n) is 13.2. The molecule has 0 saturated heterocycles. The summed E-state index contributed by atoms with van der Waals surface area (Å²) in [7, 11) is 0. The van der Waals surface area contributed by atoms with Crippen LogP contribution in [0.3, 0.4) is 0 Å². The molecule has 0 atom stereocenters. The highest BCUT2D eigenvalue weighted by Crippen LogP contribution is 2.49. The van der Waals surface area contributed by atoms with E-state index in [-0.39, 0.29) is 0 Å². The Labute approximate surface area is 347 Å². The summed E-state index contributed by atoms with van der Waals surface area (Å²) < 4.78 is 0. The fourth-order valence-electron chi connectivity index (χ4n) is 10.4. The molecule has 0 aliphatic carbocycles. The second-order valence-electron chi connectivity index (χ2n) is 16.4. The largest absolute Gasteiger partial charge is 0.0616 e. The molecule has 0 aliphatic rings. The van der Waals surface area contributed by atoms with E-state index in [0.717, 1.165) is 0 Å². The second-order valence-corrected chi connectivity index (χ2v) is 16.4. The zero-order valence-corrected chi connectivity index (χ0v) is 32.8. The third kappa shape index (κ3) is 4.92. The van der Waals surface area contributed by atoms with Gasteiger partial charge in [-0.1, -0.05) is 188 Å². The number of hydrogen-bond acceptors (Lipinski definition) is 0. The summed E-state index contributed by atoms with van der Waals surface area (Å²) in [6.45, 7) is 0. The molecule has 0 nitrogen and oxygen atoms in total. The molecule has 0 amide bonds. The maximum Gasteiger partial charge on any atom is -0.00141 e. The van der Waals surface area contributed by atoms with Gasteiger partial charge in [0.2, 0.25) is 0 Å². The molecule has 60 heavy (non-hydrogen) atoms. The highest BCUT2D eigenvalue weighted by Gasteiger charge is 2.21. The van der Waals surface area contributed by atoms with Crippen LogP contribution in [-0.4, -0.2) is 0 Å². The molecule has 0 bridgehead atoms. The zero-order chi connectivity index (χ0) is 39.3. The van der Waals surface area contributed by atoms with Crippen LogP contribution in [0.1, 0.15) is 0 Å². The summed E-state index contributed by atoms with van der Waals surface area (Å²) in [5.41, 5.74) is 9.94. The van der Waals surface area contributed by atoms with E-state index < -0.39 is 0 Å². The Kier molecular flexibility index (Phi) is 7.11. The van der Waals surface area contributed by atoms with Crippen LogP contribution in [0.25, 0.3) is 131 Å². The van der Waals surface area contributed by atoms with Crippen molar-refractivity contribution in [2.45, 2.75) is 0 Å². The molecular formula is C60H36. The number of fused-ring (bicyclic) bond motifs is 7. The first-order valence-corrected chi connectivity index (χ1v) is 20.9. The van der Waals surface area contributed by atoms with Gasteiger partial charge in [0.25, 0.3) is 0 Å². The Bertz CT molecular complexity index is 3890. The maximum atomic E-state index is 2.48. The van der Waals surface area contributed by atoms with Crippen LogP contribution in [0.5, 0.6) is 0 Å². The molecule has 0 spiro atoms. The lowest BCUT2D eigenvalue weighted by atomic mass is 9.82. The van der Waals surface area contributed by atoms with Crippen molar-refractivity contribution >= 4 is 86.2 Å². The Balaban J connectivity index is 1.14. The van der Waals surface area contributed by atoms with Crippen molar-refractivity contribution in [3.8, 4) is 44.5 Å². The molecule has 13 aromatic rings. The quantitative estimate of drug-likeness (QED) is 0.157. The normalized spacial score (nSPS) is 12.0. The van der Waals surface area contributed by atoms with E-state index in [2.05, 4.69) is 218 Å². The SMILES string of the molecule is c1cc(-c2ccc3ccccc3c2)cc(-c2cc(-c3cc4ccccc4c4ccccc34)c3ccc4ccc(-c5cc6ccccc6c6ccccc56)c5ccc2c3c45)c1. The van der Waals surface area contributed by atoms with Gasteiger partial charge >= 0.3 is 0 Å². The lowest BCUT2D eigenvalue weighted by molar-refractivity contribution is 1.62. The molecule has 13 aromatic carbocycles. The lowest BCUT2D eigenvalue weighted by Gasteiger charge is -2.21. The lowest BCUT2D eigenvalue weighted by Crippen LogP contribution is -1.94. The molecule has 0 radical (unpaired) electrons. The van der Waals surface area contributed by atoms with Crippen molar-refractivity contribution in [2.24, 2.45) is 0 Å². The van der Waals surface area contributed by atoms with Crippen LogP contribution < -0.4 is 0 Å². The van der Waals surface area contributed by atoms with Crippen LogP contribution in [0.4, 0.5) is 0 Å². The monoisotopic (exact) mass is 756 g/mol. The van der Waals surface area contributed by atoms with Gasteiger partial charge in [-0.05, 0) is 161 Å². The Morgan fingerprint density at radius 3 is 1.33 bits per heavy atom. The average Bonchev–Trinajstić information content (AvgIpc) is 3.32. The van der Waals surface area contributed by atoms with Crippen LogP contribution in [0.2, 0.25) is 0 Å². The molecule has 276 valence electrons. The molecule has 0 heteroatoms. The van der Waals surface area contributed by atoms with E-state index in [4.69, 9.17) is 0 Å². The summed E-state index contributed by atoms with van der Waals surface area (Å²) in [5.74, 6) is 0. The number of rotatable bonds is 4. The van der Waals surface area contributed by atoms with Gasteiger partial charge in [-0.3, -0.25) is 0 Å². The fourth-order valence-corrected chi connectivity index (χ4v) is 10.4. The topological polar surface area (TPSA) is 0 Å². The molecular weight excluding hydrogens is 721 g/mol. The van der Waals surface area contributed by atoms with Crippen molar-refractivity contribution in [3.63, 3.8) is 0 Å². The van der Waals surface area contributed by atoms with E-state index in [1.807, 2.05) is 0 Å². The van der Waals surface area contributed by atoms with Gasteiger partial charge in [0.1, 0.15) is 0 Å². The zero-order valence-electron chi connectivity index (χ0n) is 32.8. The highest BCUT2D eigenvalue weighted by molar-refractivity contribution is 6.32. The summed E-state index contributed by atoms with van der Waals surface area (Å²) in [4.78, 5) is 0. The number of benzene rings is 13. The van der Waals surface area contributed by atoms with Crippen LogP contribution in [-0.2, 0) is 0 Å². The van der Waals surface area contributed by atoms with E-state index in [0.29, 0.717) is 0 Å². The minimum atomic E-state index is 1.21. The molecule has 0 N–H and O–H groups in total. The fraction of sp³-hybridized carbons (Fsp3) is 0. The van der Waals surface area contributed by atoms with Crippen LogP contribution in [0, 0.1) is 0 Å². The minimum Gasteiger partial charge on any atom is -0.0616 e. The molecule has 0 heterocycles. The molecule has 0 aliphatic heterocycles. The smallest absolute Gasteiger partial charge is 0.00141 e. The molecule has 0 fully saturated rings. The summed E-state index contributed by atoms with van der Waals surface area (Å²) in [6.07, 6.45) is 0. The van der Waals surface area contributed by atoms with Gasteiger partial charge < -0.3 is 0 Å². The first kappa shape index (κ1) is 33.2. The van der Waals surface area contributed by atoms with Crippen LogP contribution in [0.15, 0.2) is 218 Å². The highest BCUT2D eigenvalue weighted by atomic mass is 14.2. The van der Waals surface area contributed by atoms with Crippen LogP contribution >= 0.6 is 0 Å². The second kappa shape index (κ2) is 12.9. The standard InChI is InChI=1S/C60H36/c1-2-13-39-32-41(25-24-37(39)12-1)40-16-11-17-42(33-40)55-36-58(57-35-44-15-4-6-19-46(44)48-21-8-10-23-50(48)57)54-29-27-38-26-28-51(52-30-31-53(55)60(54)59(38)52)56-34-43-14-3-5-18-45(43)47-20-7-9-22-49(47)56/h1-36H. The predicted octanol–water partition coefficient (Wildman–Crippen LogP) is 17.0. The van der Waals surface area contributed by atoms with Gasteiger partial charge in [-0.15, -0.1) is 0 Å². The third-order valence-corrected chi connectivity index (χ3v) is 13.2. The van der Waals surface area contributed by atoms with E-state index in [1.54, 1.807) is 0 Å².